The molecule has 0 aliphatic heterocycles. The van der Waals surface area contributed by atoms with Crippen LogP contribution in [0.25, 0.3) is 6.08 Å². The molecule has 82 valence electrons. The number of nitriles is 1. The highest BCUT2D eigenvalue weighted by molar-refractivity contribution is 6.42. The van der Waals surface area contributed by atoms with Gasteiger partial charge in [0.1, 0.15) is 11.6 Å². The van der Waals surface area contributed by atoms with Crippen LogP contribution in [0, 0.1) is 11.3 Å². The van der Waals surface area contributed by atoms with Gasteiger partial charge >= 0.3 is 5.97 Å². The summed E-state index contributed by atoms with van der Waals surface area (Å²) in [6.07, 6.45) is 1.33. The molecule has 0 aliphatic rings. The number of carbonyl (C=O) groups is 1. The van der Waals surface area contributed by atoms with Crippen LogP contribution in [0.3, 0.4) is 0 Å². The summed E-state index contributed by atoms with van der Waals surface area (Å²) in [6, 6.07) is 6.67. The summed E-state index contributed by atoms with van der Waals surface area (Å²) < 4.78 is 4.44. The number of ether oxygens (including phenoxy) is 1. The first-order valence-corrected chi connectivity index (χ1v) is 5.00. The number of benzene rings is 1. The number of halogens is 2. The highest BCUT2D eigenvalue weighted by Crippen LogP contribution is 2.27. The van der Waals surface area contributed by atoms with E-state index in [0.717, 1.165) is 0 Å². The Bertz CT molecular complexity index is 489. The third kappa shape index (κ3) is 2.75. The maximum absolute atomic E-state index is 11.2. The lowest BCUT2D eigenvalue weighted by atomic mass is 10.1. The van der Waals surface area contributed by atoms with E-state index in [-0.39, 0.29) is 5.57 Å². The lowest BCUT2D eigenvalue weighted by Crippen LogP contribution is -2.02. The van der Waals surface area contributed by atoms with Gasteiger partial charge in [0, 0.05) is 0 Å². The predicted octanol–water partition coefficient (Wildman–Crippen LogP) is 3.07. The fourth-order valence-corrected chi connectivity index (χ4v) is 1.40. The molecule has 1 aromatic carbocycles. The van der Waals surface area contributed by atoms with Crippen molar-refractivity contribution in [1.29, 1.82) is 5.26 Å². The molecule has 0 bridgehead atoms. The van der Waals surface area contributed by atoms with Gasteiger partial charge in [-0.3, -0.25) is 0 Å². The Labute approximate surface area is 103 Å². The van der Waals surface area contributed by atoms with Crippen molar-refractivity contribution in [1.82, 2.24) is 0 Å². The second-order valence-electron chi connectivity index (χ2n) is 2.80. The van der Waals surface area contributed by atoms with E-state index in [2.05, 4.69) is 4.74 Å². The van der Waals surface area contributed by atoms with Crippen LogP contribution >= 0.6 is 23.2 Å². The molecule has 5 heteroatoms. The third-order valence-electron chi connectivity index (χ3n) is 1.81. The Kier molecular flexibility index (Phi) is 4.36. The molecule has 0 saturated heterocycles. The molecule has 0 atom stereocenters. The van der Waals surface area contributed by atoms with Crippen molar-refractivity contribution >= 4 is 35.2 Å². The molecule has 1 rings (SSSR count). The predicted molar refractivity (Wildman–Crippen MR) is 62.1 cm³/mol. The van der Waals surface area contributed by atoms with Crippen molar-refractivity contribution in [3.63, 3.8) is 0 Å². The first kappa shape index (κ1) is 12.6. The van der Waals surface area contributed by atoms with Gasteiger partial charge in [0.2, 0.25) is 0 Å². The fourth-order valence-electron chi connectivity index (χ4n) is 1.03. The Morgan fingerprint density at radius 3 is 2.75 bits per heavy atom. The monoisotopic (exact) mass is 255 g/mol. The minimum absolute atomic E-state index is 0.133. The first-order valence-electron chi connectivity index (χ1n) is 4.24. The SMILES string of the molecule is COC(=O)C(C#N)=Cc1cccc(Cl)c1Cl. The summed E-state index contributed by atoms with van der Waals surface area (Å²) in [4.78, 5) is 11.2. The fraction of sp³-hybridized carbons (Fsp3) is 0.0909. The molecule has 0 N–H and O–H groups in total. The van der Waals surface area contributed by atoms with E-state index >= 15 is 0 Å². The Hall–Kier alpha value is -1.50. The second-order valence-corrected chi connectivity index (χ2v) is 3.59. The number of methoxy groups -OCH3 is 1. The van der Waals surface area contributed by atoms with Crippen LogP contribution in [0.2, 0.25) is 10.0 Å². The van der Waals surface area contributed by atoms with Crippen molar-refractivity contribution in [2.24, 2.45) is 0 Å². The lowest BCUT2D eigenvalue weighted by molar-refractivity contribution is -0.135. The van der Waals surface area contributed by atoms with Crippen LogP contribution < -0.4 is 0 Å². The largest absolute Gasteiger partial charge is 0.465 e. The molecule has 0 spiro atoms. The van der Waals surface area contributed by atoms with Gasteiger partial charge in [-0.1, -0.05) is 35.3 Å². The molecule has 0 heterocycles. The van der Waals surface area contributed by atoms with Crippen molar-refractivity contribution in [2.75, 3.05) is 7.11 Å². The summed E-state index contributed by atoms with van der Waals surface area (Å²) in [5.41, 5.74) is 0.364. The van der Waals surface area contributed by atoms with Gasteiger partial charge in [0.25, 0.3) is 0 Å². The van der Waals surface area contributed by atoms with Gasteiger partial charge in [0.15, 0.2) is 0 Å². The molecule has 0 saturated carbocycles. The summed E-state index contributed by atoms with van der Waals surface area (Å²) in [6.45, 7) is 0. The zero-order valence-corrected chi connectivity index (χ0v) is 9.84. The van der Waals surface area contributed by atoms with E-state index in [9.17, 15) is 4.79 Å². The molecule has 0 unspecified atom stereocenters. The maximum atomic E-state index is 11.2. The van der Waals surface area contributed by atoms with Gasteiger partial charge in [-0.2, -0.15) is 5.26 Å². The minimum Gasteiger partial charge on any atom is -0.465 e. The van der Waals surface area contributed by atoms with Gasteiger partial charge in [0.05, 0.1) is 17.2 Å². The first-order chi connectivity index (χ1) is 7.60. The van der Waals surface area contributed by atoms with E-state index in [4.69, 9.17) is 28.5 Å². The average Bonchev–Trinajstić information content (AvgIpc) is 2.30. The molecule has 3 nitrogen and oxygen atoms in total. The highest BCUT2D eigenvalue weighted by atomic mass is 35.5. The number of hydrogen-bond acceptors (Lipinski definition) is 3. The second kappa shape index (κ2) is 5.55. The van der Waals surface area contributed by atoms with Crippen molar-refractivity contribution < 1.29 is 9.53 Å². The van der Waals surface area contributed by atoms with Crippen LogP contribution in [0.4, 0.5) is 0 Å². The molecule has 0 aliphatic carbocycles. The smallest absolute Gasteiger partial charge is 0.348 e. The van der Waals surface area contributed by atoms with Gasteiger partial charge in [-0.05, 0) is 17.7 Å². The molecule has 0 fully saturated rings. The standard InChI is InChI=1S/C11H7Cl2NO2/c1-16-11(15)8(6-14)5-7-3-2-4-9(12)10(7)13/h2-5H,1H3. The third-order valence-corrected chi connectivity index (χ3v) is 2.64. The van der Waals surface area contributed by atoms with E-state index in [1.807, 2.05) is 0 Å². The molecule has 1 aromatic rings. The number of hydrogen-bond donors (Lipinski definition) is 0. The van der Waals surface area contributed by atoms with Crippen molar-refractivity contribution in [3.8, 4) is 6.07 Å². The quantitative estimate of drug-likeness (QED) is 0.464. The molecule has 0 aromatic heterocycles. The Morgan fingerprint density at radius 2 is 2.19 bits per heavy atom. The van der Waals surface area contributed by atoms with E-state index in [0.29, 0.717) is 15.6 Å². The molecular formula is C11H7Cl2NO2. The summed E-state index contributed by atoms with van der Waals surface area (Å²) >= 11 is 11.7. The van der Waals surface area contributed by atoms with Crippen molar-refractivity contribution in [3.05, 3.63) is 39.4 Å². The molecule has 0 amide bonds. The maximum Gasteiger partial charge on any atom is 0.348 e. The van der Waals surface area contributed by atoms with E-state index in [1.165, 1.54) is 13.2 Å². The summed E-state index contributed by atoms with van der Waals surface area (Å²) in [5.74, 6) is -0.710. The number of nitrogens with zero attached hydrogens (tertiary/aromatic N) is 1. The topological polar surface area (TPSA) is 50.1 Å². The van der Waals surface area contributed by atoms with Gasteiger partial charge in [-0.15, -0.1) is 0 Å². The van der Waals surface area contributed by atoms with Gasteiger partial charge < -0.3 is 4.74 Å². The normalized spacial score (nSPS) is 10.8. The van der Waals surface area contributed by atoms with Crippen LogP contribution in [0.15, 0.2) is 23.8 Å². The lowest BCUT2D eigenvalue weighted by Gasteiger charge is -2.01. The average molecular weight is 256 g/mol. The van der Waals surface area contributed by atoms with Crippen LogP contribution in [0.1, 0.15) is 5.56 Å². The van der Waals surface area contributed by atoms with Gasteiger partial charge in [-0.25, -0.2) is 4.79 Å². The highest BCUT2D eigenvalue weighted by Gasteiger charge is 2.10. The Morgan fingerprint density at radius 1 is 1.50 bits per heavy atom. The zero-order chi connectivity index (χ0) is 12.1. The van der Waals surface area contributed by atoms with Crippen LogP contribution in [-0.4, -0.2) is 13.1 Å². The summed E-state index contributed by atoms with van der Waals surface area (Å²) in [7, 11) is 1.20. The minimum atomic E-state index is -0.710. The molecular weight excluding hydrogens is 249 g/mol. The Balaban J connectivity index is 3.20. The molecule has 0 radical (unpaired) electrons. The number of carbonyl (C=O) groups excluding carboxylic acids is 1. The van der Waals surface area contributed by atoms with E-state index in [1.54, 1.807) is 24.3 Å². The van der Waals surface area contributed by atoms with Crippen molar-refractivity contribution in [2.45, 2.75) is 0 Å². The molecule has 16 heavy (non-hydrogen) atoms. The zero-order valence-electron chi connectivity index (χ0n) is 8.33. The number of esters is 1. The number of rotatable bonds is 2. The van der Waals surface area contributed by atoms with E-state index < -0.39 is 5.97 Å². The van der Waals surface area contributed by atoms with Crippen LogP contribution in [0.5, 0.6) is 0 Å². The van der Waals surface area contributed by atoms with Crippen LogP contribution in [-0.2, 0) is 9.53 Å². The summed E-state index contributed by atoms with van der Waals surface area (Å²) in [5, 5.41) is 9.41.